The predicted molar refractivity (Wildman–Crippen MR) is 70.2 cm³/mol. The molecule has 0 unspecified atom stereocenters. The number of carbonyl (C=O) groups is 2. The lowest BCUT2D eigenvalue weighted by Gasteiger charge is -2.02. The molecule has 1 aromatic carbocycles. The number of carbonyl (C=O) groups excluding carboxylic acids is 2. The molecule has 0 radical (unpaired) electrons. The highest BCUT2D eigenvalue weighted by Gasteiger charge is 2.22. The minimum atomic E-state index is -0.817. The van der Waals surface area contributed by atoms with Crippen LogP contribution >= 0.6 is 11.6 Å². The van der Waals surface area contributed by atoms with Crippen molar-refractivity contribution in [1.29, 1.82) is 0 Å². The molecule has 0 atom stereocenters. The highest BCUT2D eigenvalue weighted by Crippen LogP contribution is 2.13. The van der Waals surface area contributed by atoms with E-state index in [-0.39, 0.29) is 5.71 Å². The fraction of sp³-hybridized carbons (Fsp3) is 0.0909. The van der Waals surface area contributed by atoms with Gasteiger partial charge >= 0.3 is 6.09 Å². The van der Waals surface area contributed by atoms with Crippen LogP contribution in [0, 0.1) is 0 Å². The number of anilines is 1. The molecule has 98 valence electrons. The van der Waals surface area contributed by atoms with Gasteiger partial charge in [-0.3, -0.25) is 14.9 Å². The van der Waals surface area contributed by atoms with Gasteiger partial charge in [-0.25, -0.2) is 10.2 Å². The number of oxime groups is 1. The fourth-order valence-electron chi connectivity index (χ4n) is 1.27. The summed E-state index contributed by atoms with van der Waals surface area (Å²) in [6, 6.07) is 6.44. The van der Waals surface area contributed by atoms with Crippen LogP contribution in [0.4, 0.5) is 10.5 Å². The van der Waals surface area contributed by atoms with Crippen molar-refractivity contribution in [3.05, 3.63) is 29.3 Å². The lowest BCUT2D eigenvalue weighted by molar-refractivity contribution is -0.114. The van der Waals surface area contributed by atoms with Crippen molar-refractivity contribution in [2.75, 3.05) is 5.32 Å². The molecule has 0 fully saturated rings. The first-order chi connectivity index (χ1) is 9.06. The molecule has 7 nitrogen and oxygen atoms in total. The third kappa shape index (κ3) is 3.29. The number of hydrogen-bond donors (Lipinski definition) is 2. The van der Waals surface area contributed by atoms with Gasteiger partial charge in [-0.15, -0.1) is 0 Å². The normalized spacial score (nSPS) is 16.0. The topological polar surface area (TPSA) is 92.2 Å². The lowest BCUT2D eigenvalue weighted by atomic mass is 10.3. The molecule has 1 aromatic rings. The Hall–Kier alpha value is -2.41. The van der Waals surface area contributed by atoms with Crippen molar-refractivity contribution in [3.63, 3.8) is 0 Å². The van der Waals surface area contributed by atoms with Gasteiger partial charge in [-0.05, 0) is 31.2 Å². The van der Waals surface area contributed by atoms with E-state index in [9.17, 15) is 9.59 Å². The van der Waals surface area contributed by atoms with Crippen molar-refractivity contribution < 1.29 is 14.4 Å². The average Bonchev–Trinajstić information content (AvgIpc) is 2.70. The second-order valence-corrected chi connectivity index (χ2v) is 4.03. The number of hydrazone groups is 1. The van der Waals surface area contributed by atoms with E-state index in [2.05, 4.69) is 25.8 Å². The van der Waals surface area contributed by atoms with E-state index in [1.807, 2.05) is 0 Å². The van der Waals surface area contributed by atoms with Gasteiger partial charge in [0.15, 0.2) is 5.71 Å². The Labute approximate surface area is 113 Å². The maximum absolute atomic E-state index is 11.4. The Balaban J connectivity index is 1.95. The Morgan fingerprint density at radius 1 is 1.42 bits per heavy atom. The first-order valence-corrected chi connectivity index (χ1v) is 5.60. The summed E-state index contributed by atoms with van der Waals surface area (Å²) in [5.41, 5.74) is 3.00. The Morgan fingerprint density at radius 3 is 2.68 bits per heavy atom. The zero-order valence-corrected chi connectivity index (χ0v) is 10.6. The summed E-state index contributed by atoms with van der Waals surface area (Å²) in [7, 11) is 0. The molecule has 0 saturated heterocycles. The van der Waals surface area contributed by atoms with Gasteiger partial charge in [0, 0.05) is 10.7 Å². The molecule has 1 aliphatic heterocycles. The van der Waals surface area contributed by atoms with E-state index < -0.39 is 12.0 Å². The molecule has 0 bridgehead atoms. The molecule has 0 saturated carbocycles. The van der Waals surface area contributed by atoms with E-state index in [4.69, 9.17) is 11.6 Å². The molecule has 0 spiro atoms. The van der Waals surface area contributed by atoms with Crippen LogP contribution in [0.15, 0.2) is 34.5 Å². The Morgan fingerprint density at radius 2 is 2.11 bits per heavy atom. The Bertz CT molecular complexity index is 580. The third-order valence-electron chi connectivity index (χ3n) is 2.19. The molecule has 1 heterocycles. The van der Waals surface area contributed by atoms with Crippen LogP contribution < -0.4 is 10.7 Å². The average molecular weight is 281 g/mol. The summed E-state index contributed by atoms with van der Waals surface area (Å²) in [4.78, 5) is 27.2. The number of amides is 2. The van der Waals surface area contributed by atoms with Crippen LogP contribution in [0.25, 0.3) is 0 Å². The van der Waals surface area contributed by atoms with Gasteiger partial charge in [-0.1, -0.05) is 16.8 Å². The highest BCUT2D eigenvalue weighted by atomic mass is 35.5. The molecular formula is C11H9ClN4O3. The zero-order valence-electron chi connectivity index (χ0n) is 9.81. The first kappa shape index (κ1) is 13.0. The molecular weight excluding hydrogens is 272 g/mol. The van der Waals surface area contributed by atoms with Crippen LogP contribution in [0.1, 0.15) is 6.92 Å². The Kier molecular flexibility index (Phi) is 3.76. The number of nitrogens with one attached hydrogen (secondary N) is 2. The van der Waals surface area contributed by atoms with Crippen molar-refractivity contribution in [2.45, 2.75) is 6.92 Å². The smallest absolute Gasteiger partial charge is 0.297 e. The summed E-state index contributed by atoms with van der Waals surface area (Å²) >= 11 is 5.70. The molecule has 0 aromatic heterocycles. The number of hydrogen-bond acceptors (Lipinski definition) is 5. The largest absolute Gasteiger partial charge is 0.437 e. The molecule has 2 amide bonds. The van der Waals surface area contributed by atoms with E-state index in [1.165, 1.54) is 0 Å². The van der Waals surface area contributed by atoms with E-state index >= 15 is 0 Å². The molecule has 0 aliphatic carbocycles. The van der Waals surface area contributed by atoms with Crippen LogP contribution in [0.2, 0.25) is 5.02 Å². The van der Waals surface area contributed by atoms with Gasteiger partial charge in [0.2, 0.25) is 0 Å². The zero-order chi connectivity index (χ0) is 13.8. The first-order valence-electron chi connectivity index (χ1n) is 5.23. The van der Waals surface area contributed by atoms with Crippen LogP contribution in [-0.4, -0.2) is 23.4 Å². The van der Waals surface area contributed by atoms with E-state index in [1.54, 1.807) is 31.2 Å². The third-order valence-corrected chi connectivity index (χ3v) is 2.45. The van der Waals surface area contributed by atoms with Crippen molar-refractivity contribution in [3.8, 4) is 0 Å². The maximum Gasteiger partial charge on any atom is 0.437 e. The molecule has 19 heavy (non-hydrogen) atoms. The molecule has 8 heteroatoms. The monoisotopic (exact) mass is 280 g/mol. The summed E-state index contributed by atoms with van der Waals surface area (Å²) in [6.07, 6.45) is -0.817. The maximum atomic E-state index is 11.4. The number of halogens is 1. The van der Waals surface area contributed by atoms with Crippen molar-refractivity contribution in [1.82, 2.24) is 5.43 Å². The highest BCUT2D eigenvalue weighted by molar-refractivity contribution is 6.68. The quantitative estimate of drug-likeness (QED) is 0.638. The summed E-state index contributed by atoms with van der Waals surface area (Å²) in [5.74, 6) is -0.517. The van der Waals surface area contributed by atoms with Crippen LogP contribution in [0.3, 0.4) is 0 Å². The second-order valence-electron chi connectivity index (χ2n) is 3.59. The van der Waals surface area contributed by atoms with Crippen LogP contribution in [0.5, 0.6) is 0 Å². The minimum Gasteiger partial charge on any atom is -0.297 e. The van der Waals surface area contributed by atoms with Crippen molar-refractivity contribution in [2.24, 2.45) is 10.3 Å². The minimum absolute atomic E-state index is 0.0359. The van der Waals surface area contributed by atoms with Crippen molar-refractivity contribution >= 4 is 40.7 Å². The predicted octanol–water partition coefficient (Wildman–Crippen LogP) is 1.75. The molecule has 2 N–H and O–H groups in total. The SMILES string of the molecule is CC1=NNC(=O)C1=NOC(=O)Nc1ccc(Cl)cc1. The standard InChI is InChI=1S/C11H9ClN4O3/c1-6-9(10(17)15-14-6)16-19-11(18)13-8-4-2-7(12)3-5-8/h2-5H,1H3,(H,13,18)(H,15,16,17). The molecule has 2 rings (SSSR count). The number of benzene rings is 1. The van der Waals surface area contributed by atoms with Gasteiger partial charge in [0.25, 0.3) is 5.91 Å². The number of nitrogens with zero attached hydrogens (tertiary/aromatic N) is 2. The molecule has 1 aliphatic rings. The van der Waals surface area contributed by atoms with Gasteiger partial charge in [-0.2, -0.15) is 5.10 Å². The van der Waals surface area contributed by atoms with Gasteiger partial charge in [0.1, 0.15) is 0 Å². The lowest BCUT2D eigenvalue weighted by Crippen LogP contribution is -2.23. The summed E-state index contributed by atoms with van der Waals surface area (Å²) < 4.78 is 0. The number of rotatable bonds is 2. The van der Waals surface area contributed by atoms with Crippen LogP contribution in [-0.2, 0) is 9.63 Å². The summed E-state index contributed by atoms with van der Waals surface area (Å²) in [5, 5.41) is 10.0. The van der Waals surface area contributed by atoms with Gasteiger partial charge < -0.3 is 0 Å². The van der Waals surface area contributed by atoms with E-state index in [0.29, 0.717) is 16.4 Å². The second kappa shape index (κ2) is 5.49. The van der Waals surface area contributed by atoms with E-state index in [0.717, 1.165) is 0 Å². The van der Waals surface area contributed by atoms with Gasteiger partial charge in [0.05, 0.1) is 5.71 Å². The summed E-state index contributed by atoms with van der Waals surface area (Å²) in [6.45, 7) is 1.57. The fourth-order valence-corrected chi connectivity index (χ4v) is 1.40.